The molecule has 0 fully saturated rings. The molecular weight excluding hydrogens is 372 g/mol. The zero-order valence-corrected chi connectivity index (χ0v) is 13.4. The molecule has 94 valence electrons. The Morgan fingerprint density at radius 1 is 1.53 bits per heavy atom. The molecule has 0 saturated carbocycles. The highest BCUT2D eigenvalue weighted by Gasteiger charge is 2.24. The first-order valence-electron chi connectivity index (χ1n) is 5.25. The average molecular weight is 386 g/mol. The van der Waals surface area contributed by atoms with Crippen molar-refractivity contribution >= 4 is 51.7 Å². The maximum Gasteiger partial charge on any atom is 0.252 e. The average Bonchev–Trinajstić information content (AvgIpc) is 2.32. The predicted molar refractivity (Wildman–Crippen MR) is 81.1 cm³/mol. The van der Waals surface area contributed by atoms with E-state index < -0.39 is 0 Å². The number of rotatable bonds is 4. The van der Waals surface area contributed by atoms with Gasteiger partial charge in [-0.05, 0) is 54.1 Å². The van der Waals surface area contributed by atoms with Crippen LogP contribution in [-0.4, -0.2) is 17.3 Å². The van der Waals surface area contributed by atoms with E-state index in [2.05, 4.69) is 27.9 Å². The van der Waals surface area contributed by atoms with Crippen molar-refractivity contribution in [2.75, 3.05) is 5.88 Å². The van der Waals surface area contributed by atoms with Gasteiger partial charge in [0, 0.05) is 14.5 Å². The second-order valence-corrected chi connectivity index (χ2v) is 5.99. The van der Waals surface area contributed by atoms with Crippen molar-refractivity contribution in [2.24, 2.45) is 0 Å². The van der Waals surface area contributed by atoms with Crippen LogP contribution in [0.15, 0.2) is 18.2 Å². The summed E-state index contributed by atoms with van der Waals surface area (Å²) in [4.78, 5) is 12.1. The molecule has 1 N–H and O–H groups in total. The summed E-state index contributed by atoms with van der Waals surface area (Å²) in [5.74, 6) is 0.244. The summed E-state index contributed by atoms with van der Waals surface area (Å²) in [7, 11) is 0. The van der Waals surface area contributed by atoms with Gasteiger partial charge in [-0.2, -0.15) is 0 Å². The zero-order valence-electron chi connectivity index (χ0n) is 9.69. The lowest BCUT2D eigenvalue weighted by Crippen LogP contribution is -2.47. The third-order valence-electron chi connectivity index (χ3n) is 2.66. The maximum atomic E-state index is 12.1. The molecule has 1 atom stereocenters. The third kappa shape index (κ3) is 4.00. The van der Waals surface area contributed by atoms with E-state index in [0.29, 0.717) is 16.5 Å². The van der Waals surface area contributed by atoms with Gasteiger partial charge < -0.3 is 5.32 Å². The molecule has 1 aromatic rings. The van der Waals surface area contributed by atoms with E-state index in [0.717, 1.165) is 9.99 Å². The van der Waals surface area contributed by atoms with Crippen LogP contribution in [0.5, 0.6) is 0 Å². The lowest BCUT2D eigenvalue weighted by Gasteiger charge is -2.27. The molecule has 5 heteroatoms. The highest BCUT2D eigenvalue weighted by atomic mass is 127. The highest BCUT2D eigenvalue weighted by Crippen LogP contribution is 2.19. The van der Waals surface area contributed by atoms with E-state index in [9.17, 15) is 4.79 Å². The Morgan fingerprint density at radius 3 is 2.71 bits per heavy atom. The molecule has 2 nitrogen and oxygen atoms in total. The van der Waals surface area contributed by atoms with Crippen LogP contribution in [0.25, 0.3) is 0 Å². The molecule has 0 bridgehead atoms. The summed E-state index contributed by atoms with van der Waals surface area (Å²) < 4.78 is 0.873. The molecule has 1 rings (SSSR count). The first-order chi connectivity index (χ1) is 7.91. The van der Waals surface area contributed by atoms with Gasteiger partial charge in [-0.1, -0.05) is 18.5 Å². The SMILES string of the molecule is CCC(C)(CCl)NC(=O)c1cc(Cl)ccc1I. The molecule has 1 aromatic carbocycles. The Morgan fingerprint density at radius 2 is 2.18 bits per heavy atom. The number of benzene rings is 1. The van der Waals surface area contributed by atoms with E-state index in [4.69, 9.17) is 23.2 Å². The van der Waals surface area contributed by atoms with E-state index in [-0.39, 0.29) is 11.4 Å². The topological polar surface area (TPSA) is 29.1 Å². The van der Waals surface area contributed by atoms with Crippen molar-refractivity contribution in [1.82, 2.24) is 5.32 Å². The lowest BCUT2D eigenvalue weighted by molar-refractivity contribution is 0.0911. The summed E-state index contributed by atoms with van der Waals surface area (Å²) >= 11 is 13.9. The van der Waals surface area contributed by atoms with Crippen LogP contribution in [0.1, 0.15) is 30.6 Å². The van der Waals surface area contributed by atoms with Gasteiger partial charge in [0.15, 0.2) is 0 Å². The fourth-order valence-electron chi connectivity index (χ4n) is 1.23. The maximum absolute atomic E-state index is 12.1. The number of nitrogens with one attached hydrogen (secondary N) is 1. The summed E-state index contributed by atoms with van der Waals surface area (Å²) in [5, 5.41) is 3.50. The molecule has 0 heterocycles. The first-order valence-corrected chi connectivity index (χ1v) is 7.24. The predicted octanol–water partition coefficient (Wildman–Crippen LogP) is 4.08. The molecule has 0 aliphatic carbocycles. The molecule has 0 radical (unpaired) electrons. The van der Waals surface area contributed by atoms with Crippen LogP contribution >= 0.6 is 45.8 Å². The van der Waals surface area contributed by atoms with Crippen molar-refractivity contribution in [1.29, 1.82) is 0 Å². The summed E-state index contributed by atoms with van der Waals surface area (Å²) in [6, 6.07) is 5.26. The Bertz CT molecular complexity index is 419. The van der Waals surface area contributed by atoms with Crippen molar-refractivity contribution < 1.29 is 4.79 Å². The number of hydrogen-bond donors (Lipinski definition) is 1. The number of carbonyl (C=O) groups excluding carboxylic acids is 1. The van der Waals surface area contributed by atoms with Crippen LogP contribution < -0.4 is 5.32 Å². The fraction of sp³-hybridized carbons (Fsp3) is 0.417. The minimum Gasteiger partial charge on any atom is -0.346 e. The minimum absolute atomic E-state index is 0.137. The Hall–Kier alpha value is -0.000000000000000111. The van der Waals surface area contributed by atoms with Gasteiger partial charge in [0.2, 0.25) is 0 Å². The fourth-order valence-corrected chi connectivity index (χ4v) is 2.24. The molecular formula is C12H14Cl2INO. The van der Waals surface area contributed by atoms with Crippen molar-refractivity contribution in [3.05, 3.63) is 32.4 Å². The van der Waals surface area contributed by atoms with Gasteiger partial charge in [-0.25, -0.2) is 0 Å². The Labute approximate surface area is 125 Å². The standard InChI is InChI=1S/C12H14Cl2INO/c1-3-12(2,7-13)16-11(17)9-6-8(14)4-5-10(9)15/h4-6H,3,7H2,1-2H3,(H,16,17). The molecule has 1 unspecified atom stereocenters. The highest BCUT2D eigenvalue weighted by molar-refractivity contribution is 14.1. The second kappa shape index (κ2) is 6.25. The van der Waals surface area contributed by atoms with Crippen molar-refractivity contribution in [2.45, 2.75) is 25.8 Å². The largest absolute Gasteiger partial charge is 0.346 e. The van der Waals surface area contributed by atoms with Gasteiger partial charge in [-0.3, -0.25) is 4.79 Å². The summed E-state index contributed by atoms with van der Waals surface area (Å²) in [6.45, 7) is 3.92. The Kier molecular flexibility index (Phi) is 5.54. The number of halogens is 3. The zero-order chi connectivity index (χ0) is 13.1. The van der Waals surface area contributed by atoms with Gasteiger partial charge >= 0.3 is 0 Å². The molecule has 0 saturated heterocycles. The van der Waals surface area contributed by atoms with Gasteiger partial charge in [0.25, 0.3) is 5.91 Å². The summed E-state index contributed by atoms with van der Waals surface area (Å²) in [5.41, 5.74) is 0.201. The smallest absolute Gasteiger partial charge is 0.252 e. The van der Waals surface area contributed by atoms with Crippen molar-refractivity contribution in [3.63, 3.8) is 0 Å². The molecule has 17 heavy (non-hydrogen) atoms. The number of carbonyl (C=O) groups is 1. The number of alkyl halides is 1. The molecule has 0 spiro atoms. The molecule has 0 aromatic heterocycles. The molecule has 0 aliphatic rings. The lowest BCUT2D eigenvalue weighted by atomic mass is 10.0. The Balaban J connectivity index is 2.94. The van der Waals surface area contributed by atoms with Crippen LogP contribution in [0.2, 0.25) is 5.02 Å². The van der Waals surface area contributed by atoms with Crippen LogP contribution in [0.3, 0.4) is 0 Å². The second-order valence-electron chi connectivity index (χ2n) is 4.13. The number of hydrogen-bond acceptors (Lipinski definition) is 1. The molecule has 0 aliphatic heterocycles. The van der Waals surface area contributed by atoms with Gasteiger partial charge in [0.1, 0.15) is 0 Å². The monoisotopic (exact) mass is 385 g/mol. The van der Waals surface area contributed by atoms with E-state index in [1.165, 1.54) is 0 Å². The van der Waals surface area contributed by atoms with Crippen LogP contribution in [0.4, 0.5) is 0 Å². The van der Waals surface area contributed by atoms with E-state index in [1.807, 2.05) is 19.9 Å². The van der Waals surface area contributed by atoms with E-state index in [1.54, 1.807) is 12.1 Å². The number of amides is 1. The van der Waals surface area contributed by atoms with Crippen LogP contribution in [-0.2, 0) is 0 Å². The van der Waals surface area contributed by atoms with E-state index >= 15 is 0 Å². The molecule has 1 amide bonds. The van der Waals surface area contributed by atoms with Gasteiger partial charge in [0.05, 0.1) is 11.1 Å². The first kappa shape index (κ1) is 15.1. The minimum atomic E-state index is -0.385. The summed E-state index contributed by atoms with van der Waals surface area (Å²) in [6.07, 6.45) is 0.777. The third-order valence-corrected chi connectivity index (χ3v) is 4.43. The van der Waals surface area contributed by atoms with Gasteiger partial charge in [-0.15, -0.1) is 11.6 Å². The quantitative estimate of drug-likeness (QED) is 0.614. The van der Waals surface area contributed by atoms with Crippen LogP contribution in [0, 0.1) is 3.57 Å². The normalized spacial score (nSPS) is 14.2. The van der Waals surface area contributed by atoms with Crippen molar-refractivity contribution in [3.8, 4) is 0 Å².